The van der Waals surface area contributed by atoms with Crippen molar-refractivity contribution in [1.29, 1.82) is 0 Å². The van der Waals surface area contributed by atoms with Gasteiger partial charge in [0.05, 0.1) is 24.3 Å². The fourth-order valence-electron chi connectivity index (χ4n) is 5.59. The van der Waals surface area contributed by atoms with E-state index in [-0.39, 0.29) is 12.2 Å². The average molecular weight is 510 g/mol. The Hall–Kier alpha value is -3.34. The Kier molecular flexibility index (Phi) is 8.52. The molecule has 198 valence electrons. The lowest BCUT2D eigenvalue weighted by atomic mass is 9.80. The number of fused-ring (bicyclic) bond motifs is 1. The van der Waals surface area contributed by atoms with Crippen LogP contribution in [0.1, 0.15) is 74.7 Å². The Morgan fingerprint density at radius 2 is 1.97 bits per heavy atom. The van der Waals surface area contributed by atoms with Crippen LogP contribution in [0.15, 0.2) is 18.3 Å². The van der Waals surface area contributed by atoms with E-state index in [4.69, 9.17) is 15.2 Å². The molecule has 3 atom stereocenters. The maximum Gasteiger partial charge on any atom is 0.255 e. The van der Waals surface area contributed by atoms with Crippen molar-refractivity contribution in [2.24, 2.45) is 23.5 Å². The molecule has 8 heteroatoms. The van der Waals surface area contributed by atoms with E-state index in [2.05, 4.69) is 29.1 Å². The van der Waals surface area contributed by atoms with Crippen LogP contribution >= 0.6 is 0 Å². The van der Waals surface area contributed by atoms with Crippen LogP contribution in [0.5, 0.6) is 11.6 Å². The third-order valence-electron chi connectivity index (χ3n) is 7.73. The summed E-state index contributed by atoms with van der Waals surface area (Å²) >= 11 is 0. The first kappa shape index (κ1) is 26.7. The zero-order valence-electron chi connectivity index (χ0n) is 21.8. The van der Waals surface area contributed by atoms with Crippen molar-refractivity contribution in [3.8, 4) is 23.5 Å². The first-order valence-electron chi connectivity index (χ1n) is 13.3. The van der Waals surface area contributed by atoms with E-state index in [0.29, 0.717) is 40.3 Å². The molecule has 37 heavy (non-hydrogen) atoms. The number of pyridine rings is 1. The number of carbonyl (C=O) groups is 2. The number of halogens is 1. The lowest BCUT2D eigenvalue weighted by Crippen LogP contribution is -2.34. The summed E-state index contributed by atoms with van der Waals surface area (Å²) in [6, 6.07) is 2.87. The molecule has 1 aliphatic heterocycles. The van der Waals surface area contributed by atoms with Crippen LogP contribution in [0.25, 0.3) is 10.8 Å². The molecule has 2 heterocycles. The van der Waals surface area contributed by atoms with E-state index in [0.717, 1.165) is 18.8 Å². The lowest BCUT2D eigenvalue weighted by molar-refractivity contribution is -0.123. The van der Waals surface area contributed by atoms with Crippen molar-refractivity contribution in [1.82, 2.24) is 10.3 Å². The molecular formula is C29H36FN3O4. The number of hydrogen-bond acceptors (Lipinski definition) is 5. The molecule has 1 saturated heterocycles. The third kappa shape index (κ3) is 5.82. The van der Waals surface area contributed by atoms with Gasteiger partial charge in [0, 0.05) is 28.8 Å². The Balaban J connectivity index is 1.64. The molecule has 1 aromatic heterocycles. The molecule has 2 aliphatic rings. The van der Waals surface area contributed by atoms with E-state index in [1.807, 2.05) is 6.92 Å². The number of benzene rings is 1. The van der Waals surface area contributed by atoms with Crippen molar-refractivity contribution in [3.05, 3.63) is 29.5 Å². The normalized spacial score (nSPS) is 25.3. The van der Waals surface area contributed by atoms with Crippen molar-refractivity contribution >= 4 is 22.6 Å². The number of primary amides is 1. The van der Waals surface area contributed by atoms with Gasteiger partial charge in [-0.1, -0.05) is 38.5 Å². The van der Waals surface area contributed by atoms with Crippen LogP contribution < -0.4 is 20.5 Å². The molecule has 2 amide bonds. The van der Waals surface area contributed by atoms with E-state index < -0.39 is 29.9 Å². The number of alkyl halides is 1. The van der Waals surface area contributed by atoms with E-state index in [1.54, 1.807) is 18.3 Å². The first-order valence-corrected chi connectivity index (χ1v) is 13.3. The lowest BCUT2D eigenvalue weighted by Gasteiger charge is -2.25. The van der Waals surface area contributed by atoms with Crippen LogP contribution in [0.2, 0.25) is 0 Å². The molecule has 2 aromatic rings. The summed E-state index contributed by atoms with van der Waals surface area (Å²) in [5.41, 5.74) is 6.53. The highest BCUT2D eigenvalue weighted by molar-refractivity contribution is 6.03. The predicted molar refractivity (Wildman–Crippen MR) is 140 cm³/mol. The minimum atomic E-state index is -1.55. The maximum atomic E-state index is 14.2. The van der Waals surface area contributed by atoms with Gasteiger partial charge in [-0.05, 0) is 50.2 Å². The SMILES string of the molecule is CCC[C@H]1CC[C@H](C#Cc2cnc(OC[C@H]3NC(=O)[C@@H](F)[C@H]3CC)c3cc(OC)c(C(N)=O)cc23)CC1. The zero-order valence-corrected chi connectivity index (χ0v) is 21.8. The van der Waals surface area contributed by atoms with Gasteiger partial charge in [0.1, 0.15) is 12.4 Å². The highest BCUT2D eigenvalue weighted by Crippen LogP contribution is 2.34. The van der Waals surface area contributed by atoms with Crippen LogP contribution in [0, 0.1) is 29.6 Å². The number of nitrogens with one attached hydrogen (secondary N) is 1. The highest BCUT2D eigenvalue weighted by Gasteiger charge is 2.41. The smallest absolute Gasteiger partial charge is 0.255 e. The second-order valence-corrected chi connectivity index (χ2v) is 10.1. The monoisotopic (exact) mass is 509 g/mol. The average Bonchev–Trinajstić information content (AvgIpc) is 3.18. The number of carbonyl (C=O) groups excluding carboxylic acids is 2. The van der Waals surface area contributed by atoms with Crippen molar-refractivity contribution in [2.45, 2.75) is 71.0 Å². The van der Waals surface area contributed by atoms with Crippen LogP contribution in [-0.4, -0.2) is 42.7 Å². The van der Waals surface area contributed by atoms with Crippen molar-refractivity contribution < 1.29 is 23.5 Å². The third-order valence-corrected chi connectivity index (χ3v) is 7.73. The number of hydrogen-bond donors (Lipinski definition) is 2. The molecule has 1 saturated carbocycles. The Morgan fingerprint density at radius 3 is 2.62 bits per heavy atom. The largest absolute Gasteiger partial charge is 0.496 e. The van der Waals surface area contributed by atoms with Gasteiger partial charge in [0.15, 0.2) is 6.17 Å². The van der Waals surface area contributed by atoms with Gasteiger partial charge in [-0.2, -0.15) is 0 Å². The van der Waals surface area contributed by atoms with Gasteiger partial charge in [0.2, 0.25) is 5.88 Å². The van der Waals surface area contributed by atoms with Gasteiger partial charge in [-0.25, -0.2) is 9.37 Å². The summed E-state index contributed by atoms with van der Waals surface area (Å²) in [7, 11) is 1.46. The second kappa shape index (κ2) is 11.8. The number of aromatic nitrogens is 1. The highest BCUT2D eigenvalue weighted by atomic mass is 19.1. The van der Waals surface area contributed by atoms with E-state index in [1.165, 1.54) is 32.8 Å². The van der Waals surface area contributed by atoms with Crippen molar-refractivity contribution in [3.63, 3.8) is 0 Å². The summed E-state index contributed by atoms with van der Waals surface area (Å²) in [6.45, 7) is 4.15. The van der Waals surface area contributed by atoms with Gasteiger partial charge >= 0.3 is 0 Å². The number of nitrogens with zero attached hydrogens (tertiary/aromatic N) is 1. The number of amides is 2. The summed E-state index contributed by atoms with van der Waals surface area (Å²) < 4.78 is 25.6. The number of methoxy groups -OCH3 is 1. The number of rotatable bonds is 8. The summed E-state index contributed by atoms with van der Waals surface area (Å²) in [5.74, 6) is 6.76. The van der Waals surface area contributed by atoms with Crippen LogP contribution in [0.3, 0.4) is 0 Å². The Labute approximate surface area is 217 Å². The maximum absolute atomic E-state index is 14.2. The molecule has 0 radical (unpaired) electrons. The van der Waals surface area contributed by atoms with Crippen LogP contribution in [-0.2, 0) is 4.79 Å². The van der Waals surface area contributed by atoms with Crippen molar-refractivity contribution in [2.75, 3.05) is 13.7 Å². The van der Waals surface area contributed by atoms with Gasteiger partial charge < -0.3 is 20.5 Å². The number of nitrogens with two attached hydrogens (primary N) is 1. The minimum absolute atomic E-state index is 0.0681. The molecule has 0 spiro atoms. The minimum Gasteiger partial charge on any atom is -0.496 e. The second-order valence-electron chi connectivity index (χ2n) is 10.1. The molecule has 7 nitrogen and oxygen atoms in total. The van der Waals surface area contributed by atoms with Gasteiger partial charge in [-0.15, -0.1) is 0 Å². The van der Waals surface area contributed by atoms with E-state index in [9.17, 15) is 14.0 Å². The van der Waals surface area contributed by atoms with Crippen LogP contribution in [0.4, 0.5) is 4.39 Å². The predicted octanol–water partition coefficient (Wildman–Crippen LogP) is 4.54. The van der Waals surface area contributed by atoms with E-state index >= 15 is 0 Å². The molecule has 4 rings (SSSR count). The summed E-state index contributed by atoms with van der Waals surface area (Å²) in [6.07, 6.45) is 7.69. The standard InChI is InChI=1S/C29H36FN3O4/c1-4-6-17-7-9-18(10-8-17)11-12-19-15-32-29(37-16-24-20(5-2)26(30)28(35)33-24)22-14-25(36-3)23(27(31)34)13-21(19)22/h13-15,17-18,20,24,26H,4-10,16H2,1-3H3,(H2,31,34)(H,33,35)/t17-,18-,20-,24+,26-/m0/s1. The first-order chi connectivity index (χ1) is 17.9. The Bertz CT molecular complexity index is 1210. The summed E-state index contributed by atoms with van der Waals surface area (Å²) in [5, 5.41) is 3.96. The van der Waals surface area contributed by atoms with Gasteiger partial charge in [-0.3, -0.25) is 9.59 Å². The topological polar surface area (TPSA) is 104 Å². The fraction of sp³-hybridized carbons (Fsp3) is 0.552. The molecule has 0 bridgehead atoms. The molecule has 2 fully saturated rings. The fourth-order valence-corrected chi connectivity index (χ4v) is 5.59. The molecule has 1 aliphatic carbocycles. The zero-order chi connectivity index (χ0) is 26.5. The van der Waals surface area contributed by atoms with Gasteiger partial charge in [0.25, 0.3) is 11.8 Å². The summed E-state index contributed by atoms with van der Waals surface area (Å²) in [4.78, 5) is 28.5. The molecule has 0 unspecified atom stereocenters. The molecular weight excluding hydrogens is 473 g/mol. The molecule has 3 N–H and O–H groups in total. The molecule has 1 aromatic carbocycles. The Morgan fingerprint density at radius 1 is 1.22 bits per heavy atom. The number of ether oxygens (including phenoxy) is 2. The quantitative estimate of drug-likeness (QED) is 0.509.